The molecule has 2 aromatic carbocycles. The fourth-order valence-corrected chi connectivity index (χ4v) is 5.55. The molecule has 0 amide bonds. The minimum absolute atomic E-state index is 0.0623. The molecule has 0 saturated heterocycles. The summed E-state index contributed by atoms with van der Waals surface area (Å²) in [5, 5.41) is 2.84. The fourth-order valence-electron chi connectivity index (χ4n) is 3.53. The van der Waals surface area contributed by atoms with E-state index in [0.717, 1.165) is 27.3 Å². The molecule has 0 aliphatic rings. The van der Waals surface area contributed by atoms with E-state index in [4.69, 9.17) is 0 Å². The van der Waals surface area contributed by atoms with Crippen LogP contribution in [0.2, 0.25) is 0 Å². The largest absolute Gasteiger partial charge is 0.300 e. The van der Waals surface area contributed by atoms with Crippen LogP contribution in [0.4, 0.5) is 0 Å². The number of pyridine rings is 1. The molecule has 4 aromatic rings. The van der Waals surface area contributed by atoms with Crippen molar-refractivity contribution < 1.29 is 13.2 Å². The number of ketones is 1. The predicted octanol–water partition coefficient (Wildman–Crippen LogP) is 4.73. The highest BCUT2D eigenvalue weighted by molar-refractivity contribution is 7.89. The summed E-state index contributed by atoms with van der Waals surface area (Å²) in [7, 11) is -3.79. The van der Waals surface area contributed by atoms with Crippen molar-refractivity contribution in [3.05, 3.63) is 101 Å². The molecule has 4 rings (SSSR count). The molecule has 0 aliphatic carbocycles. The van der Waals surface area contributed by atoms with E-state index in [9.17, 15) is 13.2 Å². The summed E-state index contributed by atoms with van der Waals surface area (Å²) in [6, 6.07) is 18.4. The van der Waals surface area contributed by atoms with Gasteiger partial charge in [0.25, 0.3) is 0 Å². The van der Waals surface area contributed by atoms with Crippen molar-refractivity contribution in [3.63, 3.8) is 0 Å². The Hall–Kier alpha value is -3.20. The first-order valence-electron chi connectivity index (χ1n) is 10.4. The highest BCUT2D eigenvalue weighted by atomic mass is 32.2. The van der Waals surface area contributed by atoms with Gasteiger partial charge in [-0.15, -0.1) is 11.3 Å². The van der Waals surface area contributed by atoms with Gasteiger partial charge in [0.2, 0.25) is 10.0 Å². The Morgan fingerprint density at radius 3 is 2.36 bits per heavy atom. The van der Waals surface area contributed by atoms with Crippen LogP contribution in [0.15, 0.2) is 89.5 Å². The highest BCUT2D eigenvalue weighted by Crippen LogP contribution is 2.25. The van der Waals surface area contributed by atoms with Crippen LogP contribution in [-0.4, -0.2) is 28.5 Å². The average molecular weight is 478 g/mol. The van der Waals surface area contributed by atoms with Crippen LogP contribution in [0, 0.1) is 0 Å². The molecular weight excluding hydrogens is 454 g/mol. The first-order valence-corrected chi connectivity index (χ1v) is 12.7. The van der Waals surface area contributed by atoms with Gasteiger partial charge in [0.05, 0.1) is 0 Å². The molecular formula is C25H23N3O3S2. The number of thiazole rings is 1. The van der Waals surface area contributed by atoms with Gasteiger partial charge < -0.3 is 0 Å². The second-order valence-corrected chi connectivity index (χ2v) is 10.5. The van der Waals surface area contributed by atoms with E-state index < -0.39 is 10.0 Å². The fraction of sp³-hybridized carbons (Fsp3) is 0.160. The maximum atomic E-state index is 13.5. The normalized spacial score (nSPS) is 11.6. The Bertz CT molecular complexity index is 1320. The third-order valence-electron chi connectivity index (χ3n) is 5.07. The van der Waals surface area contributed by atoms with Gasteiger partial charge in [0.15, 0.2) is 0 Å². The van der Waals surface area contributed by atoms with Crippen LogP contribution in [0.1, 0.15) is 23.6 Å². The van der Waals surface area contributed by atoms with E-state index in [1.807, 2.05) is 53.9 Å². The highest BCUT2D eigenvalue weighted by Gasteiger charge is 2.25. The minimum Gasteiger partial charge on any atom is -0.300 e. The zero-order chi connectivity index (χ0) is 23.3. The maximum Gasteiger partial charge on any atom is 0.245 e. The number of benzene rings is 2. The lowest BCUT2D eigenvalue weighted by molar-refractivity contribution is -0.116. The van der Waals surface area contributed by atoms with Crippen LogP contribution in [0.3, 0.4) is 0 Å². The van der Waals surface area contributed by atoms with Crippen molar-refractivity contribution >= 4 is 27.1 Å². The second kappa shape index (κ2) is 10.2. The molecule has 2 heterocycles. The monoisotopic (exact) mass is 477 g/mol. The van der Waals surface area contributed by atoms with E-state index >= 15 is 0 Å². The first-order chi connectivity index (χ1) is 15.9. The number of sulfonamides is 1. The number of hydrogen-bond donors (Lipinski definition) is 0. The molecule has 33 heavy (non-hydrogen) atoms. The minimum atomic E-state index is -3.79. The average Bonchev–Trinajstić information content (AvgIpc) is 3.35. The Balaban J connectivity index is 1.64. The summed E-state index contributed by atoms with van der Waals surface area (Å²) < 4.78 is 28.4. The number of Topliss-reactive ketones (excluding diaryl/α,β-unsaturated/α-hetero) is 1. The summed E-state index contributed by atoms with van der Waals surface area (Å²) in [5.74, 6) is 0.0623. The van der Waals surface area contributed by atoms with Gasteiger partial charge in [-0.25, -0.2) is 13.4 Å². The van der Waals surface area contributed by atoms with E-state index in [2.05, 4.69) is 9.97 Å². The molecule has 0 atom stereocenters. The van der Waals surface area contributed by atoms with E-state index in [1.165, 1.54) is 10.5 Å². The molecule has 0 bridgehead atoms. The van der Waals surface area contributed by atoms with Crippen LogP contribution in [-0.2, 0) is 34.3 Å². The topological polar surface area (TPSA) is 80.2 Å². The van der Waals surface area contributed by atoms with Crippen molar-refractivity contribution in [2.24, 2.45) is 0 Å². The third-order valence-corrected chi connectivity index (χ3v) is 7.67. The summed E-state index contributed by atoms with van der Waals surface area (Å²) >= 11 is 1.56. The summed E-state index contributed by atoms with van der Waals surface area (Å²) in [5.41, 5.74) is 3.54. The van der Waals surface area contributed by atoms with Gasteiger partial charge in [-0.05, 0) is 35.7 Å². The predicted molar refractivity (Wildman–Crippen MR) is 129 cm³/mol. The number of carbonyl (C=O) groups is 1. The van der Waals surface area contributed by atoms with E-state index in [0.29, 0.717) is 6.42 Å². The summed E-state index contributed by atoms with van der Waals surface area (Å²) in [4.78, 5) is 20.0. The Morgan fingerprint density at radius 1 is 0.939 bits per heavy atom. The Labute approximate surface area is 197 Å². The van der Waals surface area contributed by atoms with Gasteiger partial charge in [-0.2, -0.15) is 4.31 Å². The SMILES string of the molecule is CC(=O)Cc1cccc(CN(Cc2ccc(-c3nccs3)cc2)S(=O)(=O)c2cccnc2)c1. The van der Waals surface area contributed by atoms with Crippen molar-refractivity contribution in [2.45, 2.75) is 31.3 Å². The Morgan fingerprint density at radius 2 is 1.70 bits per heavy atom. The number of nitrogens with zero attached hydrogens (tertiary/aromatic N) is 3. The quantitative estimate of drug-likeness (QED) is 0.348. The number of aromatic nitrogens is 2. The molecule has 0 saturated carbocycles. The maximum absolute atomic E-state index is 13.5. The molecule has 0 radical (unpaired) electrons. The smallest absolute Gasteiger partial charge is 0.245 e. The van der Waals surface area contributed by atoms with E-state index in [-0.39, 0.29) is 23.8 Å². The lowest BCUT2D eigenvalue weighted by Crippen LogP contribution is -2.30. The summed E-state index contributed by atoms with van der Waals surface area (Å²) in [6.45, 7) is 1.92. The molecule has 0 fully saturated rings. The zero-order valence-corrected chi connectivity index (χ0v) is 19.7. The first kappa shape index (κ1) is 23.0. The van der Waals surface area contributed by atoms with Crippen molar-refractivity contribution in [1.82, 2.24) is 14.3 Å². The Kier molecular flexibility index (Phi) is 7.08. The molecule has 168 valence electrons. The second-order valence-electron chi connectivity index (χ2n) is 7.69. The molecule has 6 nitrogen and oxygen atoms in total. The van der Waals surface area contributed by atoms with Crippen molar-refractivity contribution in [1.29, 1.82) is 0 Å². The molecule has 0 unspecified atom stereocenters. The lowest BCUT2D eigenvalue weighted by Gasteiger charge is -2.23. The summed E-state index contributed by atoms with van der Waals surface area (Å²) in [6.07, 6.45) is 4.99. The molecule has 0 N–H and O–H groups in total. The molecule has 0 spiro atoms. The van der Waals surface area contributed by atoms with Crippen LogP contribution in [0.25, 0.3) is 10.6 Å². The van der Waals surface area contributed by atoms with Crippen LogP contribution in [0.5, 0.6) is 0 Å². The molecule has 0 aliphatic heterocycles. The molecule has 2 aromatic heterocycles. The molecule has 8 heteroatoms. The number of carbonyl (C=O) groups excluding carboxylic acids is 1. The lowest BCUT2D eigenvalue weighted by atomic mass is 10.1. The van der Waals surface area contributed by atoms with E-state index in [1.54, 1.807) is 42.8 Å². The number of hydrogen-bond acceptors (Lipinski definition) is 6. The van der Waals surface area contributed by atoms with Gasteiger partial charge in [0, 0.05) is 49.0 Å². The third kappa shape index (κ3) is 5.78. The standard InChI is InChI=1S/C25H23N3O3S2/c1-19(29)14-21-4-2-5-22(15-21)18-28(33(30,31)24-6-3-11-26-16-24)17-20-7-9-23(10-8-20)25-27-12-13-32-25/h2-13,15-16H,14,17-18H2,1H3. The number of rotatable bonds is 9. The van der Waals surface area contributed by atoms with Crippen molar-refractivity contribution in [3.8, 4) is 10.6 Å². The van der Waals surface area contributed by atoms with Gasteiger partial charge in [-0.1, -0.05) is 48.5 Å². The van der Waals surface area contributed by atoms with Crippen molar-refractivity contribution in [2.75, 3.05) is 0 Å². The van der Waals surface area contributed by atoms with Gasteiger partial charge >= 0.3 is 0 Å². The van der Waals surface area contributed by atoms with Crippen LogP contribution < -0.4 is 0 Å². The van der Waals surface area contributed by atoms with Gasteiger partial charge in [-0.3, -0.25) is 9.78 Å². The zero-order valence-electron chi connectivity index (χ0n) is 18.1. The van der Waals surface area contributed by atoms with Gasteiger partial charge in [0.1, 0.15) is 15.7 Å². The van der Waals surface area contributed by atoms with Crippen LogP contribution >= 0.6 is 11.3 Å².